The highest BCUT2D eigenvalue weighted by Gasteiger charge is 2.17. The molecule has 1 heterocycles. The van der Waals surface area contributed by atoms with Crippen LogP contribution in [-0.2, 0) is 4.79 Å². The number of nitrogens with zero attached hydrogens (tertiary/aromatic N) is 2. The number of rotatable bonds is 4. The summed E-state index contributed by atoms with van der Waals surface area (Å²) in [5, 5.41) is 2.90. The number of hydrogen-bond donors (Lipinski definition) is 1. The van der Waals surface area contributed by atoms with Crippen molar-refractivity contribution in [3.05, 3.63) is 24.3 Å². The van der Waals surface area contributed by atoms with Gasteiger partial charge in [-0.15, -0.1) is 0 Å². The highest BCUT2D eigenvalue weighted by atomic mass is 16.5. The highest BCUT2D eigenvalue weighted by Crippen LogP contribution is 2.22. The average molecular weight is 263 g/mol. The fourth-order valence-corrected chi connectivity index (χ4v) is 2.15. The fourth-order valence-electron chi connectivity index (χ4n) is 2.15. The van der Waals surface area contributed by atoms with Gasteiger partial charge in [-0.3, -0.25) is 9.69 Å². The third-order valence-electron chi connectivity index (χ3n) is 3.34. The molecule has 0 unspecified atom stereocenters. The van der Waals surface area contributed by atoms with Crippen LogP contribution < -0.4 is 10.1 Å². The van der Waals surface area contributed by atoms with E-state index in [0.717, 1.165) is 31.9 Å². The standard InChI is InChI=1S/C14H21N3O2/c1-16-7-9-17(10-8-16)11-14(18)15-12-5-3-4-6-13(12)19-2/h3-6H,7-11H2,1-2H3,(H,15,18). The van der Waals surface area contributed by atoms with Gasteiger partial charge in [0.25, 0.3) is 0 Å². The third kappa shape index (κ3) is 3.94. The lowest BCUT2D eigenvalue weighted by atomic mass is 10.3. The first-order valence-electron chi connectivity index (χ1n) is 6.53. The van der Waals surface area contributed by atoms with E-state index in [-0.39, 0.29) is 5.91 Å². The summed E-state index contributed by atoms with van der Waals surface area (Å²) >= 11 is 0. The van der Waals surface area contributed by atoms with E-state index >= 15 is 0 Å². The van der Waals surface area contributed by atoms with Gasteiger partial charge in [-0.2, -0.15) is 0 Å². The number of benzene rings is 1. The maximum Gasteiger partial charge on any atom is 0.238 e. The minimum Gasteiger partial charge on any atom is -0.495 e. The lowest BCUT2D eigenvalue weighted by Gasteiger charge is -2.31. The Bertz CT molecular complexity index is 428. The second-order valence-corrected chi connectivity index (χ2v) is 4.83. The molecule has 104 valence electrons. The Hall–Kier alpha value is -1.59. The van der Waals surface area contributed by atoms with Crippen LogP contribution in [0.5, 0.6) is 5.75 Å². The largest absolute Gasteiger partial charge is 0.495 e. The SMILES string of the molecule is COc1ccccc1NC(=O)CN1CCN(C)CC1. The molecule has 0 aliphatic carbocycles. The van der Waals surface area contributed by atoms with Crippen LogP contribution in [0.2, 0.25) is 0 Å². The van der Waals surface area contributed by atoms with Gasteiger partial charge in [0.05, 0.1) is 19.3 Å². The fraction of sp³-hybridized carbons (Fsp3) is 0.500. The average Bonchev–Trinajstić information content (AvgIpc) is 2.42. The van der Waals surface area contributed by atoms with Gasteiger partial charge in [-0.05, 0) is 19.2 Å². The maximum absolute atomic E-state index is 12.0. The Morgan fingerprint density at radius 1 is 1.26 bits per heavy atom. The summed E-state index contributed by atoms with van der Waals surface area (Å²) in [6, 6.07) is 7.45. The van der Waals surface area contributed by atoms with Crippen molar-refractivity contribution in [2.45, 2.75) is 0 Å². The molecule has 1 aliphatic heterocycles. The van der Waals surface area contributed by atoms with Gasteiger partial charge in [-0.25, -0.2) is 0 Å². The molecule has 1 aromatic carbocycles. The van der Waals surface area contributed by atoms with Crippen molar-refractivity contribution in [3.63, 3.8) is 0 Å². The molecule has 0 atom stereocenters. The Morgan fingerprint density at radius 3 is 2.63 bits per heavy atom. The summed E-state index contributed by atoms with van der Waals surface area (Å²) in [5.74, 6) is 0.697. The Balaban J connectivity index is 1.87. The Kier molecular flexibility index (Phi) is 4.76. The van der Waals surface area contributed by atoms with Gasteiger partial charge in [-0.1, -0.05) is 12.1 Å². The van der Waals surface area contributed by atoms with E-state index in [9.17, 15) is 4.79 Å². The topological polar surface area (TPSA) is 44.8 Å². The molecule has 5 heteroatoms. The minimum absolute atomic E-state index is 0.00838. The van der Waals surface area contributed by atoms with Crippen molar-refractivity contribution in [1.82, 2.24) is 9.80 Å². The Morgan fingerprint density at radius 2 is 1.95 bits per heavy atom. The second-order valence-electron chi connectivity index (χ2n) is 4.83. The lowest BCUT2D eigenvalue weighted by molar-refractivity contribution is -0.117. The molecule has 1 aromatic rings. The molecule has 5 nitrogen and oxygen atoms in total. The van der Waals surface area contributed by atoms with Crippen molar-refractivity contribution in [2.24, 2.45) is 0 Å². The van der Waals surface area contributed by atoms with Gasteiger partial charge in [0.2, 0.25) is 5.91 Å². The van der Waals surface area contributed by atoms with Gasteiger partial charge in [0, 0.05) is 26.2 Å². The maximum atomic E-state index is 12.0. The van der Waals surface area contributed by atoms with E-state index in [0.29, 0.717) is 12.3 Å². The zero-order valence-electron chi connectivity index (χ0n) is 11.6. The number of methoxy groups -OCH3 is 1. The van der Waals surface area contributed by atoms with Crippen LogP contribution in [0.1, 0.15) is 0 Å². The smallest absolute Gasteiger partial charge is 0.238 e. The summed E-state index contributed by atoms with van der Waals surface area (Å²) in [7, 11) is 3.71. The first kappa shape index (κ1) is 13.8. The molecule has 0 radical (unpaired) electrons. The second kappa shape index (κ2) is 6.54. The molecule has 2 rings (SSSR count). The number of amides is 1. The molecule has 1 amide bonds. The number of para-hydroxylation sites is 2. The number of hydrogen-bond acceptors (Lipinski definition) is 4. The Labute approximate surface area is 114 Å². The van der Waals surface area contributed by atoms with E-state index in [4.69, 9.17) is 4.74 Å². The van der Waals surface area contributed by atoms with Crippen LogP contribution in [-0.4, -0.2) is 62.6 Å². The van der Waals surface area contributed by atoms with Gasteiger partial charge >= 0.3 is 0 Å². The van der Waals surface area contributed by atoms with E-state index in [2.05, 4.69) is 22.2 Å². The molecule has 0 bridgehead atoms. The molecule has 1 aliphatic rings. The normalized spacial score (nSPS) is 17.2. The number of carbonyl (C=O) groups is 1. The molecule has 1 N–H and O–H groups in total. The predicted octanol–water partition coefficient (Wildman–Crippen LogP) is 0.881. The number of likely N-dealkylation sites (N-methyl/N-ethyl adjacent to an activating group) is 1. The molecule has 1 fully saturated rings. The van der Waals surface area contributed by atoms with Crippen LogP contribution >= 0.6 is 0 Å². The van der Waals surface area contributed by atoms with E-state index in [1.165, 1.54) is 0 Å². The molecule has 19 heavy (non-hydrogen) atoms. The van der Waals surface area contributed by atoms with Crippen molar-refractivity contribution in [2.75, 3.05) is 52.2 Å². The van der Waals surface area contributed by atoms with Crippen molar-refractivity contribution < 1.29 is 9.53 Å². The van der Waals surface area contributed by atoms with Crippen LogP contribution in [0.3, 0.4) is 0 Å². The number of ether oxygens (including phenoxy) is 1. The first-order chi connectivity index (χ1) is 9.19. The lowest BCUT2D eigenvalue weighted by Crippen LogP contribution is -2.47. The van der Waals surface area contributed by atoms with Crippen LogP contribution in [0.25, 0.3) is 0 Å². The number of carbonyl (C=O) groups excluding carboxylic acids is 1. The van der Waals surface area contributed by atoms with Crippen molar-refractivity contribution in [3.8, 4) is 5.75 Å². The minimum atomic E-state index is 0.00838. The third-order valence-corrected chi connectivity index (χ3v) is 3.34. The monoisotopic (exact) mass is 263 g/mol. The summed E-state index contributed by atoms with van der Waals surface area (Å²) in [5.41, 5.74) is 0.726. The summed E-state index contributed by atoms with van der Waals surface area (Å²) in [6.45, 7) is 4.35. The molecule has 1 saturated heterocycles. The first-order valence-corrected chi connectivity index (χ1v) is 6.53. The highest BCUT2D eigenvalue weighted by molar-refractivity contribution is 5.93. The summed E-state index contributed by atoms with van der Waals surface area (Å²) in [4.78, 5) is 16.5. The molecule has 0 spiro atoms. The van der Waals surface area contributed by atoms with E-state index < -0.39 is 0 Å². The predicted molar refractivity (Wildman–Crippen MR) is 75.6 cm³/mol. The molecule has 0 aromatic heterocycles. The number of anilines is 1. The summed E-state index contributed by atoms with van der Waals surface area (Å²) < 4.78 is 5.22. The number of piperazine rings is 1. The van der Waals surface area contributed by atoms with E-state index in [1.54, 1.807) is 7.11 Å². The molecule has 0 saturated carbocycles. The number of nitrogens with one attached hydrogen (secondary N) is 1. The van der Waals surface area contributed by atoms with Crippen LogP contribution in [0, 0.1) is 0 Å². The zero-order valence-corrected chi connectivity index (χ0v) is 11.6. The molecular weight excluding hydrogens is 242 g/mol. The van der Waals surface area contributed by atoms with Crippen LogP contribution in [0.15, 0.2) is 24.3 Å². The van der Waals surface area contributed by atoms with E-state index in [1.807, 2.05) is 24.3 Å². The van der Waals surface area contributed by atoms with Crippen molar-refractivity contribution >= 4 is 11.6 Å². The van der Waals surface area contributed by atoms with Gasteiger partial charge in [0.1, 0.15) is 5.75 Å². The zero-order chi connectivity index (χ0) is 13.7. The van der Waals surface area contributed by atoms with Gasteiger partial charge < -0.3 is 15.0 Å². The van der Waals surface area contributed by atoms with Crippen LogP contribution in [0.4, 0.5) is 5.69 Å². The van der Waals surface area contributed by atoms with Crippen molar-refractivity contribution in [1.29, 1.82) is 0 Å². The molecular formula is C14H21N3O2. The van der Waals surface area contributed by atoms with Gasteiger partial charge in [0.15, 0.2) is 0 Å². The summed E-state index contributed by atoms with van der Waals surface area (Å²) in [6.07, 6.45) is 0. The quantitative estimate of drug-likeness (QED) is 0.876.